The molecule has 218 valence electrons. The number of benzene rings is 2. The van der Waals surface area contributed by atoms with E-state index in [4.69, 9.17) is 4.74 Å². The average molecular weight is 573 g/mol. The number of hydrogen-bond donors (Lipinski definition) is 3. The Hall–Kier alpha value is -3.16. The molecule has 0 radical (unpaired) electrons. The molecule has 0 saturated carbocycles. The van der Waals surface area contributed by atoms with Crippen LogP contribution in [0.25, 0.3) is 0 Å². The van der Waals surface area contributed by atoms with Crippen LogP contribution in [0.1, 0.15) is 61.5 Å². The number of nitrogens with one attached hydrogen (secondary N) is 2. The largest absolute Gasteiger partial charge is 0.416 e. The van der Waals surface area contributed by atoms with Gasteiger partial charge < -0.3 is 15.2 Å². The number of ether oxygens (including phenoxy) is 1. The van der Waals surface area contributed by atoms with Gasteiger partial charge in [0.15, 0.2) is 0 Å². The molecule has 4 atom stereocenters. The second kappa shape index (κ2) is 11.0. The van der Waals surface area contributed by atoms with Crippen molar-refractivity contribution in [2.24, 2.45) is 0 Å². The molecule has 0 aliphatic carbocycles. The molecule has 1 fully saturated rings. The number of aliphatic hydroxyl groups is 1. The molecule has 1 aliphatic heterocycles. The van der Waals surface area contributed by atoms with Gasteiger partial charge in [0.25, 0.3) is 0 Å². The molecule has 1 aromatic heterocycles. The Morgan fingerprint density at radius 3 is 2.12 bits per heavy atom. The van der Waals surface area contributed by atoms with Crippen molar-refractivity contribution in [3.63, 3.8) is 0 Å². The molecule has 3 aromatic rings. The maximum atomic E-state index is 13.4. The number of aromatic nitrogens is 3. The van der Waals surface area contributed by atoms with Crippen LogP contribution in [0.3, 0.4) is 0 Å². The number of nitrogens with zero attached hydrogens (tertiary/aromatic N) is 2. The Morgan fingerprint density at radius 2 is 1.65 bits per heavy atom. The van der Waals surface area contributed by atoms with Gasteiger partial charge in [0, 0.05) is 6.54 Å². The monoisotopic (exact) mass is 572 g/mol. The third kappa shape index (κ3) is 6.26. The van der Waals surface area contributed by atoms with E-state index in [1.54, 1.807) is 6.92 Å². The molecule has 0 spiro atoms. The van der Waals surface area contributed by atoms with Gasteiger partial charge in [-0.15, -0.1) is 0 Å². The van der Waals surface area contributed by atoms with Crippen molar-refractivity contribution in [3.05, 3.63) is 87.6 Å². The number of alkyl halides is 6. The fourth-order valence-corrected chi connectivity index (χ4v) is 5.36. The van der Waals surface area contributed by atoms with Crippen molar-refractivity contribution >= 4 is 0 Å². The van der Waals surface area contributed by atoms with E-state index in [-0.39, 0.29) is 31.2 Å². The highest BCUT2D eigenvalue weighted by molar-refractivity contribution is 5.35. The lowest BCUT2D eigenvalue weighted by Crippen LogP contribution is -2.60. The lowest BCUT2D eigenvalue weighted by molar-refractivity contribution is -0.143. The first-order valence-electron chi connectivity index (χ1n) is 12.7. The van der Waals surface area contributed by atoms with E-state index in [2.05, 4.69) is 15.5 Å². The van der Waals surface area contributed by atoms with Crippen molar-refractivity contribution in [3.8, 4) is 0 Å². The van der Waals surface area contributed by atoms with Crippen LogP contribution in [0, 0.1) is 0 Å². The predicted octanol–water partition coefficient (Wildman–Crippen LogP) is 5.13. The fraction of sp³-hybridized carbons (Fsp3) is 0.481. The van der Waals surface area contributed by atoms with E-state index in [0.717, 1.165) is 5.56 Å². The molecule has 0 bridgehead atoms. The number of aliphatic hydroxyl groups excluding tert-OH is 1. The van der Waals surface area contributed by atoms with Crippen LogP contribution in [-0.2, 0) is 28.2 Å². The second-order valence-corrected chi connectivity index (χ2v) is 10.4. The third-order valence-corrected chi connectivity index (χ3v) is 7.50. The van der Waals surface area contributed by atoms with Gasteiger partial charge in [-0.1, -0.05) is 30.3 Å². The Labute approximate surface area is 226 Å². The summed E-state index contributed by atoms with van der Waals surface area (Å²) in [5, 5.41) is 19.8. The van der Waals surface area contributed by atoms with Crippen LogP contribution in [0.2, 0.25) is 0 Å². The highest BCUT2D eigenvalue weighted by atomic mass is 19.4. The SMILES string of the molecule is C[C@@H](O)C[C@]1(n2cn[nH]c2=O)CC[C@@](CO[C@H](C)c2cc(C(F)(F)F)cc(C(F)(F)F)c2)(c2ccccc2)NC1. The zero-order chi connectivity index (χ0) is 29.3. The highest BCUT2D eigenvalue weighted by Crippen LogP contribution is 2.41. The van der Waals surface area contributed by atoms with Crippen molar-refractivity contribution in [1.29, 1.82) is 0 Å². The number of piperidine rings is 1. The molecular weight excluding hydrogens is 542 g/mol. The Bertz CT molecular complexity index is 1310. The summed E-state index contributed by atoms with van der Waals surface area (Å²) in [4.78, 5) is 12.5. The van der Waals surface area contributed by atoms with Gasteiger partial charge in [-0.2, -0.15) is 31.4 Å². The van der Waals surface area contributed by atoms with Gasteiger partial charge in [0.2, 0.25) is 0 Å². The minimum absolute atomic E-state index is 0.0825. The van der Waals surface area contributed by atoms with Crippen molar-refractivity contribution in [2.45, 2.75) is 68.7 Å². The van der Waals surface area contributed by atoms with Gasteiger partial charge in [-0.25, -0.2) is 9.89 Å². The molecule has 0 amide bonds. The fourth-order valence-electron chi connectivity index (χ4n) is 5.36. The van der Waals surface area contributed by atoms with E-state index in [0.29, 0.717) is 25.0 Å². The molecule has 40 heavy (non-hydrogen) atoms. The van der Waals surface area contributed by atoms with Crippen LogP contribution in [0.4, 0.5) is 26.3 Å². The maximum Gasteiger partial charge on any atom is 0.416 e. The van der Waals surface area contributed by atoms with Crippen molar-refractivity contribution in [1.82, 2.24) is 20.1 Å². The summed E-state index contributed by atoms with van der Waals surface area (Å²) >= 11 is 0. The summed E-state index contributed by atoms with van der Waals surface area (Å²) in [6, 6.07) is 10.5. The van der Waals surface area contributed by atoms with Gasteiger partial charge in [-0.3, -0.25) is 4.57 Å². The molecule has 0 unspecified atom stereocenters. The zero-order valence-corrected chi connectivity index (χ0v) is 21.8. The number of hydrogen-bond acceptors (Lipinski definition) is 5. The van der Waals surface area contributed by atoms with E-state index < -0.39 is 52.5 Å². The summed E-state index contributed by atoms with van der Waals surface area (Å²) in [5.41, 5.74) is -4.42. The molecule has 3 N–H and O–H groups in total. The molecule has 1 saturated heterocycles. The molecule has 7 nitrogen and oxygen atoms in total. The van der Waals surface area contributed by atoms with Crippen molar-refractivity contribution < 1.29 is 36.2 Å². The van der Waals surface area contributed by atoms with Gasteiger partial charge >= 0.3 is 18.0 Å². The van der Waals surface area contributed by atoms with Crippen LogP contribution in [0.15, 0.2) is 59.7 Å². The summed E-state index contributed by atoms with van der Waals surface area (Å²) < 4.78 is 87.8. The first-order chi connectivity index (χ1) is 18.7. The molecule has 2 aromatic carbocycles. The number of H-pyrrole nitrogens is 1. The summed E-state index contributed by atoms with van der Waals surface area (Å²) in [7, 11) is 0. The molecular formula is C27H30F6N4O3. The minimum Gasteiger partial charge on any atom is -0.393 e. The van der Waals surface area contributed by atoms with E-state index >= 15 is 0 Å². The quantitative estimate of drug-likeness (QED) is 0.326. The topological polar surface area (TPSA) is 92.2 Å². The van der Waals surface area contributed by atoms with Crippen LogP contribution >= 0.6 is 0 Å². The summed E-state index contributed by atoms with van der Waals surface area (Å²) in [5.74, 6) is 0. The standard InChI is InChI=1S/C27H30F6N4O3/c1-17(38)13-24(37-16-35-36-23(37)39)8-9-25(34-14-24,20-6-4-3-5-7-20)15-40-18(2)19-10-21(26(28,29)30)12-22(11-19)27(31,32)33/h3-7,10-12,16-18,34,38H,8-9,13-15H2,1-2H3,(H,36,39)/t17-,18-,24-,25-/m1/s1. The van der Waals surface area contributed by atoms with Crippen LogP contribution in [0.5, 0.6) is 0 Å². The lowest BCUT2D eigenvalue weighted by atomic mass is 9.74. The third-order valence-electron chi connectivity index (χ3n) is 7.50. The molecule has 4 rings (SSSR count). The maximum absolute atomic E-state index is 13.4. The van der Waals surface area contributed by atoms with Gasteiger partial charge in [0.1, 0.15) is 6.33 Å². The number of rotatable bonds is 8. The number of halogens is 6. The highest BCUT2D eigenvalue weighted by Gasteiger charge is 2.46. The lowest BCUT2D eigenvalue weighted by Gasteiger charge is -2.48. The number of aromatic amines is 1. The first-order valence-corrected chi connectivity index (χ1v) is 12.7. The first kappa shape index (κ1) is 29.8. The van der Waals surface area contributed by atoms with Crippen LogP contribution < -0.4 is 11.0 Å². The van der Waals surface area contributed by atoms with E-state index in [9.17, 15) is 36.2 Å². The molecule has 2 heterocycles. The van der Waals surface area contributed by atoms with E-state index in [1.807, 2.05) is 30.3 Å². The second-order valence-electron chi connectivity index (χ2n) is 10.4. The molecule has 13 heteroatoms. The summed E-state index contributed by atoms with van der Waals surface area (Å²) in [6.07, 6.45) is -9.39. The smallest absolute Gasteiger partial charge is 0.393 e. The summed E-state index contributed by atoms with van der Waals surface area (Å²) in [6.45, 7) is 3.15. The average Bonchev–Trinajstić information content (AvgIpc) is 3.33. The van der Waals surface area contributed by atoms with Gasteiger partial charge in [-0.05, 0) is 62.4 Å². The van der Waals surface area contributed by atoms with E-state index in [1.165, 1.54) is 17.8 Å². The predicted molar refractivity (Wildman–Crippen MR) is 133 cm³/mol. The van der Waals surface area contributed by atoms with Crippen LogP contribution in [-0.4, -0.2) is 39.1 Å². The normalized spacial score (nSPS) is 23.6. The van der Waals surface area contributed by atoms with Gasteiger partial charge in [0.05, 0.1) is 41.0 Å². The Morgan fingerprint density at radius 1 is 1.02 bits per heavy atom. The Kier molecular flexibility index (Phi) is 8.21. The van der Waals surface area contributed by atoms with Crippen molar-refractivity contribution in [2.75, 3.05) is 13.2 Å². The minimum atomic E-state index is -4.97. The zero-order valence-electron chi connectivity index (χ0n) is 21.8. The Balaban J connectivity index is 1.64. The molecule has 1 aliphatic rings.